The molecule has 92 valence electrons. The summed E-state index contributed by atoms with van der Waals surface area (Å²) in [5.74, 6) is -1.41. The Morgan fingerprint density at radius 2 is 2.06 bits per heavy atom. The Kier molecular flexibility index (Phi) is 4.70. The summed E-state index contributed by atoms with van der Waals surface area (Å²) in [6.07, 6.45) is 1.66. The number of rotatable bonds is 4. The number of piperidine rings is 1. The molecule has 0 saturated carbocycles. The molecular formula is C10H19N3O3. The lowest BCUT2D eigenvalue weighted by atomic mass is 10.1. The van der Waals surface area contributed by atoms with Crippen LogP contribution >= 0.6 is 0 Å². The Labute approximate surface area is 94.8 Å². The van der Waals surface area contributed by atoms with Gasteiger partial charge in [-0.05, 0) is 33.0 Å². The third-order valence-electron chi connectivity index (χ3n) is 2.81. The highest BCUT2D eigenvalue weighted by Gasteiger charge is 2.21. The van der Waals surface area contributed by atoms with E-state index in [2.05, 4.69) is 10.2 Å². The summed E-state index contributed by atoms with van der Waals surface area (Å²) < 4.78 is 0. The van der Waals surface area contributed by atoms with Crippen LogP contribution in [0.15, 0.2) is 0 Å². The van der Waals surface area contributed by atoms with E-state index < -0.39 is 12.0 Å². The molecule has 0 radical (unpaired) electrons. The van der Waals surface area contributed by atoms with Crippen molar-refractivity contribution in [2.24, 2.45) is 5.73 Å². The Bertz CT molecular complexity index is 262. The Hall–Kier alpha value is -1.14. The zero-order chi connectivity index (χ0) is 12.1. The molecule has 1 heterocycles. The molecule has 0 aromatic rings. The summed E-state index contributed by atoms with van der Waals surface area (Å²) in [5.41, 5.74) is 5.28. The van der Waals surface area contributed by atoms with Crippen LogP contribution in [0.4, 0.5) is 0 Å². The molecule has 0 aromatic heterocycles. The number of carbonyl (C=O) groups excluding carboxylic acids is 1. The van der Waals surface area contributed by atoms with Crippen molar-refractivity contribution in [2.45, 2.75) is 31.3 Å². The molecule has 1 aliphatic heterocycles. The van der Waals surface area contributed by atoms with Crippen LogP contribution < -0.4 is 11.1 Å². The fourth-order valence-corrected chi connectivity index (χ4v) is 1.73. The summed E-state index contributed by atoms with van der Waals surface area (Å²) in [7, 11) is 2.04. The topological polar surface area (TPSA) is 95.7 Å². The number of likely N-dealkylation sites (tertiary alicyclic amines) is 1. The third kappa shape index (κ3) is 4.16. The van der Waals surface area contributed by atoms with Crippen LogP contribution in [0, 0.1) is 0 Å². The second kappa shape index (κ2) is 5.81. The van der Waals surface area contributed by atoms with Crippen LogP contribution in [0.25, 0.3) is 0 Å². The van der Waals surface area contributed by atoms with Crippen LogP contribution in [0.5, 0.6) is 0 Å². The minimum absolute atomic E-state index is 0.151. The number of hydrogen-bond donors (Lipinski definition) is 3. The van der Waals surface area contributed by atoms with Gasteiger partial charge in [-0.2, -0.15) is 0 Å². The standard InChI is InChI=1S/C10H19N3O3/c1-13-4-2-7(3-5-13)12-9(14)6-8(11)10(15)16/h7-8H,2-6,11H2,1H3,(H,12,14)(H,15,16). The normalized spacial score (nSPS) is 20.4. The molecule has 0 spiro atoms. The van der Waals surface area contributed by atoms with E-state index in [4.69, 9.17) is 10.8 Å². The van der Waals surface area contributed by atoms with Crippen LogP contribution in [0.1, 0.15) is 19.3 Å². The monoisotopic (exact) mass is 229 g/mol. The van der Waals surface area contributed by atoms with Crippen molar-refractivity contribution in [2.75, 3.05) is 20.1 Å². The Morgan fingerprint density at radius 1 is 1.50 bits per heavy atom. The quantitative estimate of drug-likeness (QED) is 0.574. The van der Waals surface area contributed by atoms with Gasteiger partial charge in [0.25, 0.3) is 0 Å². The molecule has 0 bridgehead atoms. The first-order chi connectivity index (χ1) is 7.49. The van der Waals surface area contributed by atoms with Gasteiger partial charge >= 0.3 is 5.97 Å². The Balaban J connectivity index is 2.26. The molecule has 1 fully saturated rings. The number of carboxylic acid groups (broad SMARTS) is 1. The molecular weight excluding hydrogens is 210 g/mol. The first-order valence-corrected chi connectivity index (χ1v) is 5.45. The average molecular weight is 229 g/mol. The van der Waals surface area contributed by atoms with Crippen molar-refractivity contribution in [3.05, 3.63) is 0 Å². The van der Waals surface area contributed by atoms with Crippen molar-refractivity contribution in [1.82, 2.24) is 10.2 Å². The van der Waals surface area contributed by atoms with Gasteiger partial charge in [0, 0.05) is 6.04 Å². The summed E-state index contributed by atoms with van der Waals surface area (Å²) in [4.78, 5) is 24.1. The summed E-state index contributed by atoms with van der Waals surface area (Å²) in [6, 6.07) is -0.948. The summed E-state index contributed by atoms with van der Waals surface area (Å²) in [6.45, 7) is 1.91. The molecule has 6 nitrogen and oxygen atoms in total. The molecule has 1 atom stereocenters. The molecule has 16 heavy (non-hydrogen) atoms. The maximum absolute atomic E-state index is 11.4. The molecule has 1 saturated heterocycles. The predicted molar refractivity (Wildman–Crippen MR) is 58.9 cm³/mol. The molecule has 4 N–H and O–H groups in total. The van der Waals surface area contributed by atoms with Crippen molar-refractivity contribution >= 4 is 11.9 Å². The highest BCUT2D eigenvalue weighted by molar-refractivity contribution is 5.84. The van der Waals surface area contributed by atoms with Crippen molar-refractivity contribution in [3.63, 3.8) is 0 Å². The maximum Gasteiger partial charge on any atom is 0.321 e. The lowest BCUT2D eigenvalue weighted by Gasteiger charge is -2.29. The number of nitrogens with two attached hydrogens (primary N) is 1. The molecule has 0 aliphatic carbocycles. The van der Waals surface area contributed by atoms with Crippen LogP contribution in [0.2, 0.25) is 0 Å². The van der Waals surface area contributed by atoms with Gasteiger partial charge in [-0.15, -0.1) is 0 Å². The van der Waals surface area contributed by atoms with E-state index in [1.54, 1.807) is 0 Å². The number of aliphatic carboxylic acids is 1. The number of hydrogen-bond acceptors (Lipinski definition) is 4. The molecule has 6 heteroatoms. The van der Waals surface area contributed by atoms with E-state index in [0.717, 1.165) is 25.9 Å². The van der Waals surface area contributed by atoms with Gasteiger partial charge in [-0.25, -0.2) is 0 Å². The van der Waals surface area contributed by atoms with Gasteiger partial charge in [-0.1, -0.05) is 0 Å². The second-order valence-electron chi connectivity index (χ2n) is 4.29. The largest absolute Gasteiger partial charge is 0.480 e. The number of amides is 1. The van der Waals surface area contributed by atoms with E-state index in [0.29, 0.717) is 0 Å². The van der Waals surface area contributed by atoms with Crippen LogP contribution in [-0.2, 0) is 9.59 Å². The van der Waals surface area contributed by atoms with Crippen LogP contribution in [0.3, 0.4) is 0 Å². The van der Waals surface area contributed by atoms with Crippen molar-refractivity contribution < 1.29 is 14.7 Å². The number of nitrogens with one attached hydrogen (secondary N) is 1. The number of carboxylic acids is 1. The van der Waals surface area contributed by atoms with Crippen LogP contribution in [-0.4, -0.2) is 54.1 Å². The van der Waals surface area contributed by atoms with Crippen molar-refractivity contribution in [3.8, 4) is 0 Å². The van der Waals surface area contributed by atoms with E-state index in [1.165, 1.54) is 0 Å². The molecule has 1 aliphatic rings. The lowest BCUT2D eigenvalue weighted by molar-refractivity contribution is -0.140. The molecule has 1 unspecified atom stereocenters. The first kappa shape index (κ1) is 12.9. The zero-order valence-electron chi connectivity index (χ0n) is 9.48. The summed E-state index contributed by atoms with van der Waals surface area (Å²) >= 11 is 0. The Morgan fingerprint density at radius 3 is 2.56 bits per heavy atom. The predicted octanol–water partition coefficient (Wildman–Crippen LogP) is -1.00. The van der Waals surface area contributed by atoms with Gasteiger partial charge in [0.15, 0.2) is 0 Å². The lowest BCUT2D eigenvalue weighted by Crippen LogP contribution is -2.45. The smallest absolute Gasteiger partial charge is 0.321 e. The average Bonchev–Trinajstić information content (AvgIpc) is 2.21. The minimum atomic E-state index is -1.14. The maximum atomic E-state index is 11.4. The fourth-order valence-electron chi connectivity index (χ4n) is 1.73. The van der Waals surface area contributed by atoms with Crippen molar-refractivity contribution in [1.29, 1.82) is 0 Å². The SMILES string of the molecule is CN1CCC(NC(=O)CC(N)C(=O)O)CC1. The molecule has 0 aromatic carbocycles. The van der Waals surface area contributed by atoms with E-state index in [9.17, 15) is 9.59 Å². The number of carbonyl (C=O) groups is 2. The van der Waals surface area contributed by atoms with Gasteiger partial charge < -0.3 is 21.1 Å². The highest BCUT2D eigenvalue weighted by atomic mass is 16.4. The van der Waals surface area contributed by atoms with E-state index in [-0.39, 0.29) is 18.4 Å². The second-order valence-corrected chi connectivity index (χ2v) is 4.29. The molecule has 1 amide bonds. The fraction of sp³-hybridized carbons (Fsp3) is 0.800. The minimum Gasteiger partial charge on any atom is -0.480 e. The van der Waals surface area contributed by atoms with Gasteiger partial charge in [0.2, 0.25) is 5.91 Å². The highest BCUT2D eigenvalue weighted by Crippen LogP contribution is 2.08. The van der Waals surface area contributed by atoms with Gasteiger partial charge in [0.05, 0.1) is 6.42 Å². The number of nitrogens with zero attached hydrogens (tertiary/aromatic N) is 1. The first-order valence-electron chi connectivity index (χ1n) is 5.45. The van der Waals surface area contributed by atoms with Gasteiger partial charge in [0.1, 0.15) is 6.04 Å². The van der Waals surface area contributed by atoms with E-state index >= 15 is 0 Å². The van der Waals surface area contributed by atoms with Gasteiger partial charge in [-0.3, -0.25) is 9.59 Å². The zero-order valence-corrected chi connectivity index (χ0v) is 9.48. The molecule has 1 rings (SSSR count). The summed E-state index contributed by atoms with van der Waals surface area (Å²) in [5, 5.41) is 11.4. The van der Waals surface area contributed by atoms with E-state index in [1.807, 2.05) is 7.05 Å². The third-order valence-corrected chi connectivity index (χ3v) is 2.81.